The number of aliphatic hydroxyl groups is 1. The molecule has 1 fully saturated rings. The molecule has 1 aliphatic rings. The fourth-order valence-corrected chi connectivity index (χ4v) is 2.61. The van der Waals surface area contributed by atoms with Crippen LogP contribution in [0.2, 0.25) is 0 Å². The first-order valence-corrected chi connectivity index (χ1v) is 7.14. The molecule has 6 nitrogen and oxygen atoms in total. The number of nitrogens with zero attached hydrogens (tertiary/aromatic N) is 3. The number of hydrogen-bond donors (Lipinski definition) is 2. The van der Waals surface area contributed by atoms with E-state index in [0.717, 1.165) is 26.2 Å². The summed E-state index contributed by atoms with van der Waals surface area (Å²) in [6, 6.07) is 1.28. The smallest absolute Gasteiger partial charge is 0.223 e. The van der Waals surface area contributed by atoms with E-state index in [9.17, 15) is 15.0 Å². The second-order valence-electron chi connectivity index (χ2n) is 5.43. The molecule has 1 saturated heterocycles. The van der Waals surface area contributed by atoms with Crippen LogP contribution in [-0.4, -0.2) is 57.8 Å². The Balaban J connectivity index is 2.33. The van der Waals surface area contributed by atoms with Gasteiger partial charge in [0.25, 0.3) is 0 Å². The first kappa shape index (κ1) is 15.8. The summed E-state index contributed by atoms with van der Waals surface area (Å²) in [6.07, 6.45) is 1.69. The molecule has 0 aliphatic carbocycles. The summed E-state index contributed by atoms with van der Waals surface area (Å²) in [4.78, 5) is 16.3. The van der Waals surface area contributed by atoms with Gasteiger partial charge in [0.1, 0.15) is 0 Å². The summed E-state index contributed by atoms with van der Waals surface area (Å²) in [5.74, 6) is -0.229. The highest BCUT2D eigenvalue weighted by Gasteiger charge is 2.19. The van der Waals surface area contributed by atoms with Gasteiger partial charge in [-0.2, -0.15) is 0 Å². The van der Waals surface area contributed by atoms with Crippen LogP contribution < -0.4 is 5.43 Å². The summed E-state index contributed by atoms with van der Waals surface area (Å²) < 4.78 is 1.77. The summed E-state index contributed by atoms with van der Waals surface area (Å²) in [5, 5.41) is 19.6. The molecule has 6 heteroatoms. The molecule has 0 aromatic carbocycles. The minimum Gasteiger partial charge on any atom is -0.503 e. The molecule has 2 N–H and O–H groups in total. The van der Waals surface area contributed by atoms with Gasteiger partial charge in [0, 0.05) is 51.0 Å². The number of aliphatic hydroxyl groups excluding tert-OH is 1. The van der Waals surface area contributed by atoms with Crippen molar-refractivity contribution in [2.24, 2.45) is 0 Å². The maximum atomic E-state index is 11.8. The van der Waals surface area contributed by atoms with E-state index >= 15 is 0 Å². The van der Waals surface area contributed by atoms with E-state index in [-0.39, 0.29) is 12.4 Å². The van der Waals surface area contributed by atoms with Crippen molar-refractivity contribution in [1.82, 2.24) is 14.4 Å². The Labute approximate surface area is 124 Å². The lowest BCUT2D eigenvalue weighted by Gasteiger charge is -2.33. The van der Waals surface area contributed by atoms with Crippen LogP contribution in [0.1, 0.15) is 11.4 Å². The van der Waals surface area contributed by atoms with Crippen LogP contribution in [0.15, 0.2) is 23.5 Å². The lowest BCUT2D eigenvalue weighted by molar-refractivity contribution is 0.143. The van der Waals surface area contributed by atoms with E-state index in [4.69, 9.17) is 0 Å². The lowest BCUT2D eigenvalue weighted by atomic mass is 10.2. The van der Waals surface area contributed by atoms with Gasteiger partial charge < -0.3 is 19.7 Å². The molecule has 2 heterocycles. The van der Waals surface area contributed by atoms with Crippen LogP contribution in [0.5, 0.6) is 5.75 Å². The van der Waals surface area contributed by atoms with Crippen LogP contribution in [0, 0.1) is 0 Å². The van der Waals surface area contributed by atoms with Crippen molar-refractivity contribution in [2.45, 2.75) is 19.7 Å². The molecule has 0 atom stereocenters. The van der Waals surface area contributed by atoms with Crippen LogP contribution in [0.25, 0.3) is 0 Å². The van der Waals surface area contributed by atoms with Gasteiger partial charge in [0.05, 0.1) is 12.3 Å². The molecule has 116 valence electrons. The summed E-state index contributed by atoms with van der Waals surface area (Å²) in [5.41, 5.74) is 0.612. The van der Waals surface area contributed by atoms with Crippen molar-refractivity contribution in [2.75, 3.05) is 33.2 Å². The van der Waals surface area contributed by atoms with Gasteiger partial charge in [0.2, 0.25) is 5.43 Å². The Kier molecular flexibility index (Phi) is 5.17. The van der Waals surface area contributed by atoms with Gasteiger partial charge >= 0.3 is 0 Å². The molecule has 0 amide bonds. The van der Waals surface area contributed by atoms with E-state index in [1.807, 2.05) is 0 Å². The Bertz CT molecular complexity index is 560. The number of aromatic hydroxyl groups is 1. The molecule has 0 bridgehead atoms. The number of aromatic nitrogens is 1. The zero-order chi connectivity index (χ0) is 15.4. The van der Waals surface area contributed by atoms with E-state index < -0.39 is 5.43 Å². The van der Waals surface area contributed by atoms with Crippen molar-refractivity contribution in [3.8, 4) is 5.75 Å². The predicted molar refractivity (Wildman–Crippen MR) is 81.3 cm³/mol. The van der Waals surface area contributed by atoms with Gasteiger partial charge in [-0.1, -0.05) is 6.08 Å². The second kappa shape index (κ2) is 6.89. The summed E-state index contributed by atoms with van der Waals surface area (Å²) in [7, 11) is 2.08. The standard InChI is InChI=1S/C15H23N3O3/c1-3-4-18-12(11-19)9-14(20)15(21)13(18)10-17-7-5-16(2)6-8-17/h3,9,19,21H,1,4-8,10-11H2,2H3. The predicted octanol–water partition coefficient (Wildman–Crippen LogP) is -0.0204. The maximum absolute atomic E-state index is 11.8. The van der Waals surface area contributed by atoms with Crippen molar-refractivity contribution in [3.63, 3.8) is 0 Å². The molecule has 0 spiro atoms. The minimum absolute atomic E-state index is 0.229. The normalized spacial score (nSPS) is 17.0. The van der Waals surface area contributed by atoms with E-state index in [0.29, 0.717) is 24.5 Å². The highest BCUT2D eigenvalue weighted by atomic mass is 16.3. The van der Waals surface area contributed by atoms with Crippen LogP contribution in [-0.2, 0) is 19.7 Å². The highest BCUT2D eigenvalue weighted by Crippen LogP contribution is 2.18. The average molecular weight is 293 g/mol. The van der Waals surface area contributed by atoms with Crippen LogP contribution in [0.3, 0.4) is 0 Å². The molecular weight excluding hydrogens is 270 g/mol. The first-order chi connectivity index (χ1) is 10.1. The average Bonchev–Trinajstić information content (AvgIpc) is 2.48. The fourth-order valence-electron chi connectivity index (χ4n) is 2.61. The fraction of sp³-hybridized carbons (Fsp3) is 0.533. The van der Waals surface area contributed by atoms with Gasteiger partial charge in [-0.05, 0) is 7.05 Å². The zero-order valence-electron chi connectivity index (χ0n) is 12.5. The largest absolute Gasteiger partial charge is 0.503 e. The SMILES string of the molecule is C=CCn1c(CO)cc(=O)c(O)c1CN1CCN(C)CC1. The van der Waals surface area contributed by atoms with Gasteiger partial charge in [-0.3, -0.25) is 9.69 Å². The number of piperazine rings is 1. The van der Waals surface area contributed by atoms with Crippen molar-refractivity contribution in [1.29, 1.82) is 0 Å². The molecule has 1 aromatic heterocycles. The lowest BCUT2D eigenvalue weighted by Crippen LogP contribution is -2.44. The molecular formula is C15H23N3O3. The topological polar surface area (TPSA) is 68.9 Å². The first-order valence-electron chi connectivity index (χ1n) is 7.14. The van der Waals surface area contributed by atoms with E-state index in [1.54, 1.807) is 10.6 Å². The quantitative estimate of drug-likeness (QED) is 0.747. The summed E-state index contributed by atoms with van der Waals surface area (Å²) >= 11 is 0. The summed E-state index contributed by atoms with van der Waals surface area (Å²) in [6.45, 7) is 8.12. The second-order valence-corrected chi connectivity index (χ2v) is 5.43. The third-order valence-electron chi connectivity index (χ3n) is 3.92. The molecule has 1 aliphatic heterocycles. The van der Waals surface area contributed by atoms with Crippen LogP contribution in [0.4, 0.5) is 0 Å². The Morgan fingerprint density at radius 3 is 2.57 bits per heavy atom. The Morgan fingerprint density at radius 2 is 2.00 bits per heavy atom. The molecule has 1 aromatic rings. The molecule has 0 radical (unpaired) electrons. The Hall–Kier alpha value is -1.63. The monoisotopic (exact) mass is 293 g/mol. The van der Waals surface area contributed by atoms with Gasteiger partial charge in [-0.15, -0.1) is 6.58 Å². The third-order valence-corrected chi connectivity index (χ3v) is 3.92. The molecule has 0 unspecified atom stereocenters. The third kappa shape index (κ3) is 3.53. The number of allylic oxidation sites excluding steroid dienone is 1. The van der Waals surface area contributed by atoms with Gasteiger partial charge in [-0.25, -0.2) is 0 Å². The Morgan fingerprint density at radius 1 is 1.33 bits per heavy atom. The number of pyridine rings is 1. The number of hydrogen-bond acceptors (Lipinski definition) is 5. The molecule has 2 rings (SSSR count). The number of likely N-dealkylation sites (N-methyl/N-ethyl adjacent to an activating group) is 1. The number of rotatable bonds is 5. The highest BCUT2D eigenvalue weighted by molar-refractivity contribution is 5.30. The van der Waals surface area contributed by atoms with E-state index in [1.165, 1.54) is 6.07 Å². The van der Waals surface area contributed by atoms with Gasteiger partial charge in [0.15, 0.2) is 5.75 Å². The molecule has 0 saturated carbocycles. The van der Waals surface area contributed by atoms with Crippen LogP contribution >= 0.6 is 0 Å². The maximum Gasteiger partial charge on any atom is 0.223 e. The van der Waals surface area contributed by atoms with Crippen molar-refractivity contribution in [3.05, 3.63) is 40.3 Å². The zero-order valence-corrected chi connectivity index (χ0v) is 12.5. The van der Waals surface area contributed by atoms with Crippen molar-refractivity contribution >= 4 is 0 Å². The minimum atomic E-state index is -0.441. The van der Waals surface area contributed by atoms with Crippen molar-refractivity contribution < 1.29 is 10.2 Å². The molecule has 21 heavy (non-hydrogen) atoms. The van der Waals surface area contributed by atoms with E-state index in [2.05, 4.69) is 23.4 Å².